The normalized spacial score (nSPS) is 10.4. The molecule has 0 radical (unpaired) electrons. The van der Waals surface area contributed by atoms with Gasteiger partial charge in [0.05, 0.1) is 17.8 Å². The first-order chi connectivity index (χ1) is 16.2. The molecule has 0 atom stereocenters. The average Bonchev–Trinajstić information content (AvgIpc) is 3.30. The van der Waals surface area contributed by atoms with Gasteiger partial charge in [0.1, 0.15) is 0 Å². The maximum atomic E-state index is 13.0. The molecular formula is C28H34N2O3S. The zero-order valence-corrected chi connectivity index (χ0v) is 21.4. The molecule has 0 aliphatic carbocycles. The Bertz CT molecular complexity index is 1060. The zero-order valence-electron chi connectivity index (χ0n) is 20.6. The van der Waals surface area contributed by atoms with E-state index in [0.717, 1.165) is 35.6 Å². The van der Waals surface area contributed by atoms with Gasteiger partial charge in [0.15, 0.2) is 0 Å². The van der Waals surface area contributed by atoms with E-state index in [2.05, 4.69) is 92.0 Å². The summed E-state index contributed by atoms with van der Waals surface area (Å²) < 4.78 is 0. The number of carbonyl (C=O) groups excluding carboxylic acids is 3. The minimum absolute atomic E-state index is 0.0154. The van der Waals surface area contributed by atoms with Gasteiger partial charge in [0.2, 0.25) is 5.91 Å². The number of anilines is 2. The van der Waals surface area contributed by atoms with Gasteiger partial charge in [-0.2, -0.15) is 20.9 Å². The number of benzene rings is 2. The van der Waals surface area contributed by atoms with Gasteiger partial charge in [-0.15, -0.1) is 0 Å². The van der Waals surface area contributed by atoms with Gasteiger partial charge in [-0.25, -0.2) is 0 Å². The molecule has 1 aromatic heterocycles. The number of rotatable bonds is 9. The second kappa shape index (κ2) is 13.5. The number of nitrogens with zero attached hydrogens (tertiary/aromatic N) is 1. The number of aryl methyl sites for hydroxylation is 1. The monoisotopic (exact) mass is 478 g/mol. The largest absolute Gasteiger partial charge is 0.373 e. The van der Waals surface area contributed by atoms with E-state index in [9.17, 15) is 4.79 Å². The van der Waals surface area contributed by atoms with Crippen molar-refractivity contribution in [3.8, 4) is 11.1 Å². The van der Waals surface area contributed by atoms with Gasteiger partial charge in [0.25, 0.3) is 0 Å². The van der Waals surface area contributed by atoms with E-state index >= 15 is 0 Å². The summed E-state index contributed by atoms with van der Waals surface area (Å²) in [4.78, 5) is 31.6. The summed E-state index contributed by atoms with van der Waals surface area (Å²) >= 11 is 1.69. The van der Waals surface area contributed by atoms with Crippen molar-refractivity contribution in [2.45, 2.75) is 41.0 Å². The molecule has 3 rings (SSSR count). The highest BCUT2D eigenvalue weighted by Gasteiger charge is 2.17. The smallest absolute Gasteiger partial charge is 0.369 e. The summed E-state index contributed by atoms with van der Waals surface area (Å²) in [6.45, 7) is 12.9. The molecule has 180 valence electrons. The van der Waals surface area contributed by atoms with E-state index in [-0.39, 0.29) is 12.1 Å². The summed E-state index contributed by atoms with van der Waals surface area (Å²) in [6.07, 6.45) is 0.622. The molecule has 3 aromatic rings. The molecule has 0 aliphatic rings. The van der Waals surface area contributed by atoms with Crippen LogP contribution in [0.15, 0.2) is 59.3 Å². The number of nitrogens with one attached hydrogen (secondary N) is 1. The van der Waals surface area contributed by atoms with E-state index in [1.165, 1.54) is 11.1 Å². The third-order valence-corrected chi connectivity index (χ3v) is 5.81. The maximum Gasteiger partial charge on any atom is 0.373 e. The molecule has 0 saturated carbocycles. The standard InChI is InChI=1S/C27H34N2OS.CO2/c1-19(2)16-29(17-20(3)4)26-11-10-23(24-12-13-31-18-24)15-25(26)28-27(30)14-22-8-6-21(5)7-9-22;2-1-3/h6-13,15,18-20H,14,16-17H2,1-5H3,(H,28,30);. The average molecular weight is 479 g/mol. The van der Waals surface area contributed by atoms with Crippen molar-refractivity contribution < 1.29 is 14.4 Å². The molecule has 5 nitrogen and oxygen atoms in total. The number of hydrogen-bond acceptors (Lipinski definition) is 5. The van der Waals surface area contributed by atoms with Gasteiger partial charge in [0, 0.05) is 13.1 Å². The summed E-state index contributed by atoms with van der Waals surface area (Å²) in [7, 11) is 0. The van der Waals surface area contributed by atoms with Crippen molar-refractivity contribution in [2.75, 3.05) is 23.3 Å². The Hall–Kier alpha value is -3.21. The van der Waals surface area contributed by atoms with Crippen molar-refractivity contribution in [2.24, 2.45) is 11.8 Å². The number of amides is 1. The summed E-state index contributed by atoms with van der Waals surface area (Å²) in [5.41, 5.74) is 6.53. The van der Waals surface area contributed by atoms with E-state index in [0.29, 0.717) is 18.3 Å². The molecule has 6 heteroatoms. The van der Waals surface area contributed by atoms with Crippen LogP contribution in [0.5, 0.6) is 0 Å². The van der Waals surface area contributed by atoms with Crippen LogP contribution in [0, 0.1) is 18.8 Å². The molecule has 0 fully saturated rings. The molecule has 0 bridgehead atoms. The van der Waals surface area contributed by atoms with Gasteiger partial charge < -0.3 is 10.2 Å². The fourth-order valence-electron chi connectivity index (χ4n) is 3.76. The number of thiophene rings is 1. The predicted octanol–water partition coefficient (Wildman–Crippen LogP) is 6.44. The first-order valence-corrected chi connectivity index (χ1v) is 12.4. The van der Waals surface area contributed by atoms with Crippen LogP contribution in [0.4, 0.5) is 11.4 Å². The highest BCUT2D eigenvalue weighted by atomic mass is 32.1. The highest BCUT2D eigenvalue weighted by Crippen LogP contribution is 2.33. The molecule has 1 heterocycles. The Balaban J connectivity index is 0.00000129. The van der Waals surface area contributed by atoms with Crippen LogP contribution in [-0.2, 0) is 20.8 Å². The Kier molecular flexibility index (Phi) is 10.7. The molecule has 1 amide bonds. The molecule has 1 N–H and O–H groups in total. The van der Waals surface area contributed by atoms with E-state index in [4.69, 9.17) is 9.59 Å². The second-order valence-corrected chi connectivity index (χ2v) is 10.0. The first-order valence-electron chi connectivity index (χ1n) is 11.5. The Labute approximate surface area is 206 Å². The molecule has 0 spiro atoms. The predicted molar refractivity (Wildman–Crippen MR) is 140 cm³/mol. The lowest BCUT2D eigenvalue weighted by Gasteiger charge is -2.30. The fraction of sp³-hybridized carbons (Fsp3) is 0.357. The van der Waals surface area contributed by atoms with Crippen LogP contribution in [0.3, 0.4) is 0 Å². The topological polar surface area (TPSA) is 66.5 Å². The zero-order chi connectivity index (χ0) is 25.1. The molecule has 34 heavy (non-hydrogen) atoms. The summed E-state index contributed by atoms with van der Waals surface area (Å²) in [5.74, 6) is 1.08. The Morgan fingerprint density at radius 2 is 1.56 bits per heavy atom. The van der Waals surface area contributed by atoms with E-state index < -0.39 is 0 Å². The second-order valence-electron chi connectivity index (χ2n) is 9.23. The van der Waals surface area contributed by atoms with E-state index in [1.54, 1.807) is 11.3 Å². The Morgan fingerprint density at radius 1 is 0.941 bits per heavy atom. The van der Waals surface area contributed by atoms with Crippen molar-refractivity contribution >= 4 is 34.8 Å². The number of carbonyl (C=O) groups is 1. The van der Waals surface area contributed by atoms with Gasteiger partial charge in [-0.05, 0) is 64.4 Å². The summed E-state index contributed by atoms with van der Waals surface area (Å²) in [6, 6.07) is 16.7. The van der Waals surface area contributed by atoms with Crippen LogP contribution < -0.4 is 10.2 Å². The van der Waals surface area contributed by atoms with Crippen molar-refractivity contribution in [3.63, 3.8) is 0 Å². The van der Waals surface area contributed by atoms with Crippen LogP contribution in [0.2, 0.25) is 0 Å². The van der Waals surface area contributed by atoms with Crippen LogP contribution in [0.1, 0.15) is 38.8 Å². The molecular weight excluding hydrogens is 444 g/mol. The maximum absolute atomic E-state index is 13.0. The molecule has 2 aromatic carbocycles. The van der Waals surface area contributed by atoms with Crippen LogP contribution >= 0.6 is 11.3 Å². The minimum atomic E-state index is 0.0154. The third-order valence-electron chi connectivity index (χ3n) is 5.12. The van der Waals surface area contributed by atoms with Gasteiger partial charge in [-0.3, -0.25) is 4.79 Å². The third kappa shape index (κ3) is 8.62. The van der Waals surface area contributed by atoms with Crippen molar-refractivity contribution in [1.29, 1.82) is 0 Å². The van der Waals surface area contributed by atoms with Crippen LogP contribution in [0.25, 0.3) is 11.1 Å². The quantitative estimate of drug-likeness (QED) is 0.384. The van der Waals surface area contributed by atoms with E-state index in [1.807, 2.05) is 12.1 Å². The number of hydrogen-bond donors (Lipinski definition) is 1. The molecule has 0 unspecified atom stereocenters. The lowest BCUT2D eigenvalue weighted by Crippen LogP contribution is -2.32. The SMILES string of the molecule is Cc1ccc(CC(=O)Nc2cc(-c3ccsc3)ccc2N(CC(C)C)CC(C)C)cc1.O=C=O. The van der Waals surface area contributed by atoms with Gasteiger partial charge in [-0.1, -0.05) is 63.6 Å². The van der Waals surface area contributed by atoms with Crippen LogP contribution in [-0.4, -0.2) is 25.1 Å². The Morgan fingerprint density at radius 3 is 2.09 bits per heavy atom. The molecule has 0 saturated heterocycles. The highest BCUT2D eigenvalue weighted by molar-refractivity contribution is 7.08. The van der Waals surface area contributed by atoms with Crippen molar-refractivity contribution in [3.05, 3.63) is 70.4 Å². The first kappa shape index (κ1) is 27.0. The fourth-order valence-corrected chi connectivity index (χ4v) is 4.42. The lowest BCUT2D eigenvalue weighted by molar-refractivity contribution is -0.191. The summed E-state index contributed by atoms with van der Waals surface area (Å²) in [5, 5.41) is 7.46. The lowest BCUT2D eigenvalue weighted by atomic mass is 10.0. The minimum Gasteiger partial charge on any atom is -0.369 e. The molecule has 0 aliphatic heterocycles. The van der Waals surface area contributed by atoms with Gasteiger partial charge >= 0.3 is 6.15 Å². The van der Waals surface area contributed by atoms with Crippen molar-refractivity contribution in [1.82, 2.24) is 0 Å².